The summed E-state index contributed by atoms with van der Waals surface area (Å²) in [6, 6.07) is 9.49. The third-order valence-corrected chi connectivity index (χ3v) is 2.24. The molecule has 3 rings (SSSR count). The average molecular weight is 195 g/mol. The van der Waals surface area contributed by atoms with Crippen molar-refractivity contribution in [2.45, 2.75) is 0 Å². The molecule has 0 spiro atoms. The predicted molar refractivity (Wildman–Crippen MR) is 65.3 cm³/mol. The zero-order valence-electron chi connectivity index (χ0n) is 8.43. The summed E-state index contributed by atoms with van der Waals surface area (Å²) in [5.41, 5.74) is 8.88. The standard InChI is InChI=1S/C8H6.C6H7N/c1-3-7-5-2-6-8(7)4-1;7-6-4-2-1-3-5-6/h1-6H;1-5H,7H2. The van der Waals surface area contributed by atoms with Crippen LogP contribution in [0.4, 0.5) is 5.69 Å². The maximum atomic E-state index is 5.36. The Morgan fingerprint density at radius 3 is 1.67 bits per heavy atom. The molecular formula is C14H13N. The molecule has 2 N–H and O–H groups in total. The minimum atomic E-state index is 0.822. The number of nitrogens with two attached hydrogens (primary N) is 1. The molecule has 0 radical (unpaired) electrons. The van der Waals surface area contributed by atoms with Crippen molar-refractivity contribution in [3.05, 3.63) is 77.9 Å². The lowest BCUT2D eigenvalue weighted by molar-refractivity contribution is 1.69. The molecular weight excluding hydrogens is 182 g/mol. The van der Waals surface area contributed by atoms with Crippen molar-refractivity contribution in [2.24, 2.45) is 0 Å². The van der Waals surface area contributed by atoms with Crippen LogP contribution in [0, 0.1) is 0 Å². The summed E-state index contributed by atoms with van der Waals surface area (Å²) in [5, 5.41) is 0. The summed E-state index contributed by atoms with van der Waals surface area (Å²) in [6.45, 7) is 0. The molecule has 0 saturated carbocycles. The van der Waals surface area contributed by atoms with Gasteiger partial charge in [-0.3, -0.25) is 0 Å². The number of fused-ring (bicyclic) bond motifs is 1. The highest BCUT2D eigenvalue weighted by Gasteiger charge is 2.04. The Morgan fingerprint density at radius 1 is 0.733 bits per heavy atom. The van der Waals surface area contributed by atoms with Gasteiger partial charge in [0.25, 0.3) is 0 Å². The second-order valence-electron chi connectivity index (χ2n) is 3.37. The van der Waals surface area contributed by atoms with Gasteiger partial charge >= 0.3 is 0 Å². The molecule has 1 heteroatoms. The summed E-state index contributed by atoms with van der Waals surface area (Å²) in [6.07, 6.45) is 12.6. The van der Waals surface area contributed by atoms with E-state index in [-0.39, 0.29) is 0 Å². The molecule has 0 bridgehead atoms. The first-order valence-corrected chi connectivity index (χ1v) is 4.94. The number of nitrogen functional groups attached to an aromatic ring is 1. The number of allylic oxidation sites excluding steroid dienone is 8. The molecule has 0 aliphatic heterocycles. The maximum absolute atomic E-state index is 5.36. The Kier molecular flexibility index (Phi) is 2.84. The van der Waals surface area contributed by atoms with E-state index >= 15 is 0 Å². The monoisotopic (exact) mass is 195 g/mol. The molecule has 2 aliphatic rings. The summed E-state index contributed by atoms with van der Waals surface area (Å²) in [7, 11) is 0. The number of hydrogen-bond donors (Lipinski definition) is 1. The fraction of sp³-hybridized carbons (Fsp3) is 0. The van der Waals surface area contributed by atoms with Gasteiger partial charge in [-0.1, -0.05) is 54.7 Å². The van der Waals surface area contributed by atoms with Crippen LogP contribution >= 0.6 is 0 Å². The van der Waals surface area contributed by atoms with Crippen molar-refractivity contribution >= 4 is 5.69 Å². The van der Waals surface area contributed by atoms with E-state index in [4.69, 9.17) is 5.73 Å². The molecule has 0 amide bonds. The molecule has 0 aromatic heterocycles. The lowest BCUT2D eigenvalue weighted by atomic mass is 10.2. The summed E-state index contributed by atoms with van der Waals surface area (Å²) < 4.78 is 0. The molecule has 1 nitrogen and oxygen atoms in total. The van der Waals surface area contributed by atoms with Gasteiger partial charge in [-0.05, 0) is 23.3 Å². The number of rotatable bonds is 0. The Labute approximate surface area is 89.9 Å². The highest BCUT2D eigenvalue weighted by atomic mass is 14.5. The van der Waals surface area contributed by atoms with Crippen LogP contribution < -0.4 is 5.73 Å². The molecule has 74 valence electrons. The normalized spacial score (nSPS) is 15.2. The molecule has 1 aromatic rings. The number of para-hydroxylation sites is 1. The van der Waals surface area contributed by atoms with Crippen molar-refractivity contribution in [3.8, 4) is 0 Å². The number of benzene rings is 1. The van der Waals surface area contributed by atoms with Gasteiger partial charge in [0.2, 0.25) is 0 Å². The summed E-state index contributed by atoms with van der Waals surface area (Å²) in [4.78, 5) is 0. The van der Waals surface area contributed by atoms with E-state index < -0.39 is 0 Å². The van der Waals surface area contributed by atoms with E-state index in [9.17, 15) is 0 Å². The van der Waals surface area contributed by atoms with E-state index in [2.05, 4.69) is 36.5 Å². The van der Waals surface area contributed by atoms with Crippen molar-refractivity contribution in [1.29, 1.82) is 0 Å². The minimum absolute atomic E-state index is 0.822. The van der Waals surface area contributed by atoms with Crippen molar-refractivity contribution in [2.75, 3.05) is 5.73 Å². The lowest BCUT2D eigenvalue weighted by Gasteiger charge is -1.85. The number of anilines is 1. The fourth-order valence-electron chi connectivity index (χ4n) is 1.46. The zero-order chi connectivity index (χ0) is 10.5. The quantitative estimate of drug-likeness (QED) is 0.632. The van der Waals surface area contributed by atoms with Crippen molar-refractivity contribution in [1.82, 2.24) is 0 Å². The fourth-order valence-corrected chi connectivity index (χ4v) is 1.46. The van der Waals surface area contributed by atoms with Gasteiger partial charge in [0.15, 0.2) is 0 Å². The molecule has 0 unspecified atom stereocenters. The third kappa shape index (κ3) is 2.47. The van der Waals surface area contributed by atoms with E-state index in [0.717, 1.165) is 5.69 Å². The van der Waals surface area contributed by atoms with Gasteiger partial charge in [0.05, 0.1) is 0 Å². The smallest absolute Gasteiger partial charge is 0.0313 e. The van der Waals surface area contributed by atoms with Gasteiger partial charge in [0, 0.05) is 5.69 Å². The second-order valence-corrected chi connectivity index (χ2v) is 3.37. The highest BCUT2D eigenvalue weighted by Crippen LogP contribution is 2.23. The first kappa shape index (κ1) is 9.53. The molecule has 0 atom stereocenters. The molecule has 0 heterocycles. The van der Waals surface area contributed by atoms with Gasteiger partial charge in [-0.25, -0.2) is 0 Å². The van der Waals surface area contributed by atoms with E-state index in [1.54, 1.807) is 0 Å². The van der Waals surface area contributed by atoms with Crippen LogP contribution in [0.5, 0.6) is 0 Å². The Morgan fingerprint density at radius 2 is 1.27 bits per heavy atom. The van der Waals surface area contributed by atoms with Crippen LogP contribution in [0.25, 0.3) is 0 Å². The maximum Gasteiger partial charge on any atom is 0.0313 e. The lowest BCUT2D eigenvalue weighted by Crippen LogP contribution is -1.79. The van der Waals surface area contributed by atoms with E-state index in [0.29, 0.717) is 0 Å². The SMILES string of the molecule is C1=CC2=CC=CC2=C1.Nc1ccccc1. The van der Waals surface area contributed by atoms with Crippen molar-refractivity contribution in [3.63, 3.8) is 0 Å². The molecule has 1 aromatic carbocycles. The first-order chi connectivity index (χ1) is 7.36. The van der Waals surface area contributed by atoms with Crippen LogP contribution in [-0.2, 0) is 0 Å². The first-order valence-electron chi connectivity index (χ1n) is 4.94. The van der Waals surface area contributed by atoms with E-state index in [1.165, 1.54) is 11.1 Å². The molecule has 0 fully saturated rings. The molecule has 2 aliphatic carbocycles. The second kappa shape index (κ2) is 4.47. The molecule has 15 heavy (non-hydrogen) atoms. The van der Waals surface area contributed by atoms with E-state index in [1.807, 2.05) is 30.3 Å². The minimum Gasteiger partial charge on any atom is -0.399 e. The Bertz CT molecular complexity index is 421. The highest BCUT2D eigenvalue weighted by molar-refractivity contribution is 5.59. The summed E-state index contributed by atoms with van der Waals surface area (Å²) >= 11 is 0. The zero-order valence-corrected chi connectivity index (χ0v) is 8.43. The largest absolute Gasteiger partial charge is 0.399 e. The van der Waals surface area contributed by atoms with Gasteiger partial charge in [0.1, 0.15) is 0 Å². The van der Waals surface area contributed by atoms with Crippen molar-refractivity contribution < 1.29 is 0 Å². The van der Waals surface area contributed by atoms with Crippen LogP contribution in [0.1, 0.15) is 0 Å². The van der Waals surface area contributed by atoms with Crippen LogP contribution in [0.3, 0.4) is 0 Å². The Hall–Kier alpha value is -2.02. The third-order valence-electron chi connectivity index (χ3n) is 2.24. The van der Waals surface area contributed by atoms with Crippen LogP contribution in [0.15, 0.2) is 77.9 Å². The van der Waals surface area contributed by atoms with Crippen LogP contribution in [-0.4, -0.2) is 0 Å². The topological polar surface area (TPSA) is 26.0 Å². The Balaban J connectivity index is 0.000000115. The summed E-state index contributed by atoms with van der Waals surface area (Å²) in [5.74, 6) is 0. The van der Waals surface area contributed by atoms with Gasteiger partial charge < -0.3 is 5.73 Å². The van der Waals surface area contributed by atoms with Gasteiger partial charge in [-0.2, -0.15) is 0 Å². The molecule has 0 saturated heterocycles. The van der Waals surface area contributed by atoms with Crippen LogP contribution in [0.2, 0.25) is 0 Å². The predicted octanol–water partition coefficient (Wildman–Crippen LogP) is 3.25. The average Bonchev–Trinajstić information content (AvgIpc) is 2.80. The number of hydrogen-bond acceptors (Lipinski definition) is 1. The van der Waals surface area contributed by atoms with Gasteiger partial charge in [-0.15, -0.1) is 0 Å².